The Bertz CT molecular complexity index is 1190. The first kappa shape index (κ1) is 18.8. The zero-order chi connectivity index (χ0) is 21.0. The molecule has 8 nitrogen and oxygen atoms in total. The molecule has 156 valence electrons. The highest BCUT2D eigenvalue weighted by molar-refractivity contribution is 5.97. The molecule has 0 bridgehead atoms. The van der Waals surface area contributed by atoms with Gasteiger partial charge in [0.05, 0.1) is 0 Å². The molecule has 0 radical (unpaired) electrons. The second-order valence-corrected chi connectivity index (χ2v) is 8.45. The summed E-state index contributed by atoms with van der Waals surface area (Å²) in [4.78, 5) is 37.4. The van der Waals surface area contributed by atoms with Crippen molar-refractivity contribution in [3.63, 3.8) is 0 Å². The topological polar surface area (TPSA) is 96.8 Å². The highest BCUT2D eigenvalue weighted by Gasteiger charge is 2.43. The first-order valence-electron chi connectivity index (χ1n) is 10.1. The van der Waals surface area contributed by atoms with E-state index in [9.17, 15) is 14.0 Å². The molecule has 2 N–H and O–H groups in total. The van der Waals surface area contributed by atoms with E-state index in [1.165, 1.54) is 10.5 Å². The van der Waals surface area contributed by atoms with Crippen molar-refractivity contribution >= 4 is 34.3 Å². The van der Waals surface area contributed by atoms with Gasteiger partial charge in [-0.2, -0.15) is 0 Å². The average molecular weight is 410 g/mol. The Hall–Kier alpha value is -3.23. The maximum atomic E-state index is 14.1. The van der Waals surface area contributed by atoms with Crippen molar-refractivity contribution in [2.45, 2.75) is 26.2 Å². The van der Waals surface area contributed by atoms with Crippen LogP contribution in [0.25, 0.3) is 16.6 Å². The molecule has 1 atom stereocenters. The number of hydrogen-bond acceptors (Lipinski definition) is 5. The molecule has 0 saturated carbocycles. The van der Waals surface area contributed by atoms with E-state index in [1.54, 1.807) is 25.3 Å². The number of carbonyl (C=O) groups is 2. The number of anilines is 1. The van der Waals surface area contributed by atoms with E-state index in [2.05, 4.69) is 9.97 Å². The molecule has 5 rings (SSSR count). The van der Waals surface area contributed by atoms with Gasteiger partial charge >= 0.3 is 0 Å². The van der Waals surface area contributed by atoms with Gasteiger partial charge in [-0.05, 0) is 31.4 Å². The van der Waals surface area contributed by atoms with E-state index in [0.717, 1.165) is 25.8 Å². The van der Waals surface area contributed by atoms with Crippen LogP contribution in [0.1, 0.15) is 36.7 Å². The lowest BCUT2D eigenvalue weighted by atomic mass is 9.79. The first-order chi connectivity index (χ1) is 14.4. The maximum Gasteiger partial charge on any atom is 0.274 e. The summed E-state index contributed by atoms with van der Waals surface area (Å²) >= 11 is 0. The molecule has 2 saturated heterocycles. The van der Waals surface area contributed by atoms with Crippen LogP contribution < -0.4 is 5.73 Å². The summed E-state index contributed by atoms with van der Waals surface area (Å²) in [5.74, 6) is -0.496. The molecule has 1 unspecified atom stereocenters. The number of rotatable bonds is 1. The van der Waals surface area contributed by atoms with Gasteiger partial charge in [0.2, 0.25) is 11.9 Å². The fraction of sp³-hybridized carbons (Fsp3) is 0.429. The highest BCUT2D eigenvalue weighted by atomic mass is 19.1. The van der Waals surface area contributed by atoms with E-state index in [0.29, 0.717) is 30.7 Å². The molecule has 9 heteroatoms. The molecule has 3 aromatic rings. The summed E-state index contributed by atoms with van der Waals surface area (Å²) in [6.07, 6.45) is 4.37. The number of carbonyl (C=O) groups excluding carboxylic acids is 2. The lowest BCUT2D eigenvalue weighted by molar-refractivity contribution is -0.128. The monoisotopic (exact) mass is 410 g/mol. The summed E-state index contributed by atoms with van der Waals surface area (Å²) in [6.45, 7) is 4.28. The molecule has 1 aromatic carbocycles. The molecule has 0 aliphatic carbocycles. The van der Waals surface area contributed by atoms with Crippen LogP contribution in [0.2, 0.25) is 0 Å². The number of aromatic nitrogens is 3. The molecule has 2 aliphatic rings. The van der Waals surface area contributed by atoms with Crippen molar-refractivity contribution in [2.75, 3.05) is 31.9 Å². The number of halogens is 1. The summed E-state index contributed by atoms with van der Waals surface area (Å²) in [6, 6.07) is 4.62. The Morgan fingerprint density at radius 3 is 2.70 bits per heavy atom. The molecule has 2 fully saturated rings. The zero-order valence-electron chi connectivity index (χ0n) is 16.8. The summed E-state index contributed by atoms with van der Waals surface area (Å²) in [5, 5.41) is 0.506. The lowest BCUT2D eigenvalue weighted by Gasteiger charge is -2.40. The normalized spacial score (nSPS) is 21.8. The smallest absolute Gasteiger partial charge is 0.274 e. The number of nitrogen functional groups attached to an aromatic ring is 1. The number of nitrogens with zero attached hydrogens (tertiary/aromatic N) is 5. The SMILES string of the molecule is CC(=O)N1CCC2(CCCN(C(=O)c3cn4c(N)nc5c(F)cccc5c4n3)C2)C1. The van der Waals surface area contributed by atoms with Crippen molar-refractivity contribution in [2.24, 2.45) is 5.41 Å². The van der Waals surface area contributed by atoms with Gasteiger partial charge in [0.25, 0.3) is 5.91 Å². The van der Waals surface area contributed by atoms with Crippen LogP contribution in [0.3, 0.4) is 0 Å². The number of amides is 2. The minimum atomic E-state index is -0.480. The number of nitrogens with two attached hydrogens (primary N) is 1. The predicted octanol–water partition coefficient (Wildman–Crippen LogP) is 2.08. The third-order valence-corrected chi connectivity index (χ3v) is 6.46. The van der Waals surface area contributed by atoms with Gasteiger partial charge in [-0.25, -0.2) is 14.4 Å². The number of imidazole rings is 1. The van der Waals surface area contributed by atoms with Gasteiger partial charge in [0.15, 0.2) is 0 Å². The van der Waals surface area contributed by atoms with Crippen LogP contribution in [0, 0.1) is 11.2 Å². The van der Waals surface area contributed by atoms with Crippen molar-refractivity contribution in [1.29, 1.82) is 0 Å². The van der Waals surface area contributed by atoms with E-state index in [4.69, 9.17) is 5.73 Å². The van der Waals surface area contributed by atoms with Crippen LogP contribution in [-0.4, -0.2) is 62.2 Å². The summed E-state index contributed by atoms with van der Waals surface area (Å²) in [7, 11) is 0. The third kappa shape index (κ3) is 2.88. The summed E-state index contributed by atoms with van der Waals surface area (Å²) < 4.78 is 15.7. The van der Waals surface area contributed by atoms with E-state index < -0.39 is 5.82 Å². The number of para-hydroxylation sites is 1. The second kappa shape index (κ2) is 6.65. The number of likely N-dealkylation sites (tertiary alicyclic amines) is 2. The molecule has 1 spiro atoms. The number of piperidine rings is 1. The van der Waals surface area contributed by atoms with Crippen molar-refractivity contribution in [3.8, 4) is 0 Å². The van der Waals surface area contributed by atoms with Gasteiger partial charge in [-0.15, -0.1) is 0 Å². The average Bonchev–Trinajstić information content (AvgIpc) is 3.34. The van der Waals surface area contributed by atoms with Gasteiger partial charge in [0, 0.05) is 50.1 Å². The van der Waals surface area contributed by atoms with Gasteiger partial charge in [-0.3, -0.25) is 14.0 Å². The maximum absolute atomic E-state index is 14.1. The fourth-order valence-corrected chi connectivity index (χ4v) is 4.91. The Balaban J connectivity index is 1.48. The molecule has 4 heterocycles. The van der Waals surface area contributed by atoms with Crippen LogP contribution in [0.4, 0.5) is 10.3 Å². The fourth-order valence-electron chi connectivity index (χ4n) is 4.91. The molecule has 30 heavy (non-hydrogen) atoms. The van der Waals surface area contributed by atoms with Crippen LogP contribution >= 0.6 is 0 Å². The van der Waals surface area contributed by atoms with E-state index >= 15 is 0 Å². The van der Waals surface area contributed by atoms with Crippen LogP contribution in [-0.2, 0) is 4.79 Å². The minimum Gasteiger partial charge on any atom is -0.369 e. The summed E-state index contributed by atoms with van der Waals surface area (Å²) in [5.41, 5.74) is 6.77. The standard InChI is InChI=1S/C21H23FN6O2/c1-13(29)26-9-7-21(11-26)6-3-8-27(12-21)19(30)16-10-28-18(24-16)14-4-2-5-15(22)17(14)25-20(28)23/h2,4-5,10H,3,6-9,11-12H2,1H3,(H2,23,25). The largest absolute Gasteiger partial charge is 0.369 e. The Morgan fingerprint density at radius 1 is 1.13 bits per heavy atom. The van der Waals surface area contributed by atoms with Crippen molar-refractivity contribution in [1.82, 2.24) is 24.2 Å². The van der Waals surface area contributed by atoms with Gasteiger partial charge in [-0.1, -0.05) is 6.07 Å². The lowest BCUT2D eigenvalue weighted by Crippen LogP contribution is -2.47. The van der Waals surface area contributed by atoms with Gasteiger partial charge < -0.3 is 15.5 Å². The Morgan fingerprint density at radius 2 is 1.93 bits per heavy atom. The molecule has 2 aliphatic heterocycles. The quantitative estimate of drug-likeness (QED) is 0.663. The number of benzene rings is 1. The Kier molecular flexibility index (Phi) is 4.16. The van der Waals surface area contributed by atoms with Gasteiger partial charge in [0.1, 0.15) is 22.7 Å². The number of fused-ring (bicyclic) bond motifs is 3. The minimum absolute atomic E-state index is 0.0465. The first-order valence-corrected chi connectivity index (χ1v) is 10.1. The van der Waals surface area contributed by atoms with Crippen molar-refractivity contribution < 1.29 is 14.0 Å². The van der Waals surface area contributed by atoms with Crippen molar-refractivity contribution in [3.05, 3.63) is 35.9 Å². The molecular weight excluding hydrogens is 387 g/mol. The van der Waals surface area contributed by atoms with E-state index in [1.807, 2.05) is 9.80 Å². The Labute approximate surface area is 172 Å². The predicted molar refractivity (Wildman–Crippen MR) is 109 cm³/mol. The molecule has 2 aromatic heterocycles. The molecule has 2 amide bonds. The number of hydrogen-bond donors (Lipinski definition) is 1. The highest BCUT2D eigenvalue weighted by Crippen LogP contribution is 2.39. The second-order valence-electron chi connectivity index (χ2n) is 8.45. The van der Waals surface area contributed by atoms with Crippen LogP contribution in [0.15, 0.2) is 24.4 Å². The third-order valence-electron chi connectivity index (χ3n) is 6.46. The van der Waals surface area contributed by atoms with Crippen LogP contribution in [0.5, 0.6) is 0 Å². The zero-order valence-corrected chi connectivity index (χ0v) is 16.8. The van der Waals surface area contributed by atoms with E-state index in [-0.39, 0.29) is 34.4 Å². The molecular formula is C21H23FN6O2.